The second-order valence-corrected chi connectivity index (χ2v) is 5.57. The van der Waals surface area contributed by atoms with Gasteiger partial charge in [0.1, 0.15) is 5.75 Å². The first-order valence-corrected chi connectivity index (χ1v) is 7.42. The number of hydrogen-bond acceptors (Lipinski definition) is 4. The van der Waals surface area contributed by atoms with Gasteiger partial charge in [0.15, 0.2) is 0 Å². The molecular formula is C15H22N4O2. The maximum absolute atomic E-state index is 11.7. The van der Waals surface area contributed by atoms with Crippen molar-refractivity contribution in [2.24, 2.45) is 0 Å². The second-order valence-electron chi connectivity index (χ2n) is 5.57. The van der Waals surface area contributed by atoms with Gasteiger partial charge in [-0.25, -0.2) is 4.79 Å². The molecule has 0 aliphatic carbocycles. The Hall–Kier alpha value is -2.11. The first-order chi connectivity index (χ1) is 10.2. The number of anilines is 2. The summed E-state index contributed by atoms with van der Waals surface area (Å²) >= 11 is 0. The van der Waals surface area contributed by atoms with Crippen LogP contribution < -0.4 is 20.7 Å². The number of hydrogen-bond donors (Lipinski definition) is 2. The third-order valence-electron chi connectivity index (χ3n) is 4.37. The zero-order chi connectivity index (χ0) is 14.8. The predicted octanol–water partition coefficient (Wildman–Crippen LogP) is 1.27. The van der Waals surface area contributed by atoms with E-state index in [0.29, 0.717) is 6.04 Å². The molecule has 3 N–H and O–H groups in total. The number of amides is 2. The zero-order valence-corrected chi connectivity index (χ0v) is 12.3. The molecule has 2 heterocycles. The predicted molar refractivity (Wildman–Crippen MR) is 82.7 cm³/mol. The number of carbonyl (C=O) groups is 1. The van der Waals surface area contributed by atoms with Gasteiger partial charge in [-0.1, -0.05) is 0 Å². The van der Waals surface area contributed by atoms with E-state index in [9.17, 15) is 4.79 Å². The molecule has 0 bridgehead atoms. The molecule has 1 aromatic rings. The van der Waals surface area contributed by atoms with Gasteiger partial charge < -0.3 is 25.6 Å². The van der Waals surface area contributed by atoms with E-state index in [1.807, 2.05) is 23.1 Å². The number of urea groups is 1. The first-order valence-electron chi connectivity index (χ1n) is 7.42. The fraction of sp³-hybridized carbons (Fsp3) is 0.533. The van der Waals surface area contributed by atoms with E-state index < -0.39 is 0 Å². The Morgan fingerprint density at radius 3 is 2.62 bits per heavy atom. The third-order valence-corrected chi connectivity index (χ3v) is 4.37. The van der Waals surface area contributed by atoms with E-state index in [0.717, 1.165) is 56.1 Å². The molecule has 0 aromatic heterocycles. The Kier molecular flexibility index (Phi) is 3.77. The lowest BCUT2D eigenvalue weighted by Crippen LogP contribution is -2.46. The molecule has 0 atom stereocenters. The number of nitrogen functional groups attached to an aromatic ring is 1. The summed E-state index contributed by atoms with van der Waals surface area (Å²) < 4.78 is 5.18. The number of benzene rings is 1. The molecule has 2 aliphatic rings. The number of nitrogens with two attached hydrogens (primary N) is 1. The van der Waals surface area contributed by atoms with Crippen LogP contribution >= 0.6 is 0 Å². The van der Waals surface area contributed by atoms with Crippen LogP contribution in [0.5, 0.6) is 5.75 Å². The highest BCUT2D eigenvalue weighted by Gasteiger charge is 2.30. The molecule has 21 heavy (non-hydrogen) atoms. The summed E-state index contributed by atoms with van der Waals surface area (Å²) in [5.41, 5.74) is 7.91. The Morgan fingerprint density at radius 1 is 1.29 bits per heavy atom. The highest BCUT2D eigenvalue weighted by Crippen LogP contribution is 2.30. The lowest BCUT2D eigenvalue weighted by Gasteiger charge is -2.37. The molecule has 0 radical (unpaired) electrons. The molecule has 6 nitrogen and oxygen atoms in total. The van der Waals surface area contributed by atoms with Gasteiger partial charge in [-0.15, -0.1) is 0 Å². The van der Waals surface area contributed by atoms with Crippen LogP contribution in [0, 0.1) is 0 Å². The Labute approximate surface area is 124 Å². The molecular weight excluding hydrogens is 268 g/mol. The van der Waals surface area contributed by atoms with Crippen molar-refractivity contribution in [3.05, 3.63) is 18.2 Å². The van der Waals surface area contributed by atoms with E-state index in [2.05, 4.69) is 10.2 Å². The minimum atomic E-state index is 0.0809. The van der Waals surface area contributed by atoms with Crippen LogP contribution in [0.2, 0.25) is 0 Å². The average Bonchev–Trinajstić information content (AvgIpc) is 2.93. The third kappa shape index (κ3) is 2.70. The molecule has 114 valence electrons. The highest BCUT2D eigenvalue weighted by atomic mass is 16.5. The molecule has 1 aromatic carbocycles. The molecule has 2 saturated heterocycles. The van der Waals surface area contributed by atoms with E-state index in [1.165, 1.54) is 0 Å². The SMILES string of the molecule is COc1ccc(N2CCC(N3CCNC3=O)CC2)c(N)c1. The van der Waals surface area contributed by atoms with E-state index >= 15 is 0 Å². The topological polar surface area (TPSA) is 70.8 Å². The van der Waals surface area contributed by atoms with E-state index in [-0.39, 0.29) is 6.03 Å². The minimum Gasteiger partial charge on any atom is -0.497 e. The zero-order valence-electron chi connectivity index (χ0n) is 12.3. The van der Waals surface area contributed by atoms with Crippen LogP contribution in [-0.2, 0) is 0 Å². The van der Waals surface area contributed by atoms with Crippen LogP contribution in [0.15, 0.2) is 18.2 Å². The number of nitrogens with zero attached hydrogens (tertiary/aromatic N) is 2. The van der Waals surface area contributed by atoms with Crippen molar-refractivity contribution < 1.29 is 9.53 Å². The van der Waals surface area contributed by atoms with Gasteiger partial charge in [0.25, 0.3) is 0 Å². The standard InChI is InChI=1S/C15H22N4O2/c1-21-12-2-3-14(13(16)10-12)18-7-4-11(5-8-18)19-9-6-17-15(19)20/h2-3,10-11H,4-9,16H2,1H3,(H,17,20). The normalized spacial score (nSPS) is 19.8. The summed E-state index contributed by atoms with van der Waals surface area (Å²) in [5, 5.41) is 2.87. The van der Waals surface area contributed by atoms with Crippen LogP contribution in [0.4, 0.5) is 16.2 Å². The van der Waals surface area contributed by atoms with Crippen LogP contribution in [0.3, 0.4) is 0 Å². The summed E-state index contributed by atoms with van der Waals surface area (Å²) in [7, 11) is 1.64. The van der Waals surface area contributed by atoms with E-state index in [1.54, 1.807) is 7.11 Å². The van der Waals surface area contributed by atoms with Gasteiger partial charge >= 0.3 is 6.03 Å². The van der Waals surface area contributed by atoms with Gasteiger partial charge in [-0.3, -0.25) is 0 Å². The summed E-state index contributed by atoms with van der Waals surface area (Å²) in [6, 6.07) is 6.23. The Morgan fingerprint density at radius 2 is 2.05 bits per heavy atom. The first kappa shape index (κ1) is 13.9. The number of piperidine rings is 1. The molecule has 2 amide bonds. The summed E-state index contributed by atoms with van der Waals surface area (Å²) in [6.07, 6.45) is 1.97. The number of nitrogens with one attached hydrogen (secondary N) is 1. The Balaban J connectivity index is 1.64. The summed E-state index contributed by atoms with van der Waals surface area (Å²) in [4.78, 5) is 16.0. The highest BCUT2D eigenvalue weighted by molar-refractivity contribution is 5.76. The molecule has 6 heteroatoms. The monoisotopic (exact) mass is 290 g/mol. The van der Waals surface area contributed by atoms with Gasteiger partial charge in [0.2, 0.25) is 0 Å². The maximum Gasteiger partial charge on any atom is 0.317 e. The molecule has 0 unspecified atom stereocenters. The van der Waals surface area contributed by atoms with Crippen molar-refractivity contribution in [1.29, 1.82) is 0 Å². The number of ether oxygens (including phenoxy) is 1. The van der Waals surface area contributed by atoms with Crippen LogP contribution in [0.25, 0.3) is 0 Å². The summed E-state index contributed by atoms with van der Waals surface area (Å²) in [6.45, 7) is 3.44. The van der Waals surface area contributed by atoms with Crippen molar-refractivity contribution in [3.8, 4) is 5.75 Å². The van der Waals surface area contributed by atoms with Crippen molar-refractivity contribution in [3.63, 3.8) is 0 Å². The van der Waals surface area contributed by atoms with Gasteiger partial charge in [-0.2, -0.15) is 0 Å². The fourth-order valence-corrected chi connectivity index (χ4v) is 3.20. The number of rotatable bonds is 3. The fourth-order valence-electron chi connectivity index (χ4n) is 3.20. The Bertz CT molecular complexity index is 526. The molecule has 2 fully saturated rings. The van der Waals surface area contributed by atoms with Gasteiger partial charge in [0.05, 0.1) is 18.5 Å². The average molecular weight is 290 g/mol. The van der Waals surface area contributed by atoms with Crippen LogP contribution in [-0.4, -0.2) is 50.3 Å². The number of carbonyl (C=O) groups excluding carboxylic acids is 1. The van der Waals surface area contributed by atoms with Crippen molar-refractivity contribution >= 4 is 17.4 Å². The largest absolute Gasteiger partial charge is 0.497 e. The lowest BCUT2D eigenvalue weighted by molar-refractivity contribution is 0.186. The van der Waals surface area contributed by atoms with Crippen molar-refractivity contribution in [2.75, 3.05) is 43.9 Å². The molecule has 0 spiro atoms. The second kappa shape index (κ2) is 5.71. The minimum absolute atomic E-state index is 0.0809. The van der Waals surface area contributed by atoms with E-state index in [4.69, 9.17) is 10.5 Å². The van der Waals surface area contributed by atoms with Gasteiger partial charge in [0, 0.05) is 38.3 Å². The van der Waals surface area contributed by atoms with Crippen LogP contribution in [0.1, 0.15) is 12.8 Å². The molecule has 3 rings (SSSR count). The molecule has 2 aliphatic heterocycles. The lowest BCUT2D eigenvalue weighted by atomic mass is 10.0. The quantitative estimate of drug-likeness (QED) is 0.823. The maximum atomic E-state index is 11.7. The van der Waals surface area contributed by atoms with Crippen molar-refractivity contribution in [1.82, 2.24) is 10.2 Å². The smallest absolute Gasteiger partial charge is 0.317 e. The van der Waals surface area contributed by atoms with Crippen molar-refractivity contribution in [2.45, 2.75) is 18.9 Å². The summed E-state index contributed by atoms with van der Waals surface area (Å²) in [5.74, 6) is 0.778. The van der Waals surface area contributed by atoms with Gasteiger partial charge in [-0.05, 0) is 25.0 Å². The number of methoxy groups -OCH3 is 1. The molecule has 0 saturated carbocycles.